The third kappa shape index (κ3) is 2.58. The van der Waals surface area contributed by atoms with Crippen molar-refractivity contribution in [3.63, 3.8) is 0 Å². The second-order valence-electron chi connectivity index (χ2n) is 7.82. The highest BCUT2D eigenvalue weighted by Gasteiger charge is 2.38. The van der Waals surface area contributed by atoms with Crippen LogP contribution < -0.4 is 20.7 Å². The SMILES string of the molecule is CN1CCc2c(N3CC4CNCC4C3)c(F)cc3c(=O)c(C(=O)O)cn1c23.Cl. The molecule has 3 aliphatic heterocycles. The first-order valence-corrected chi connectivity index (χ1v) is 9.27. The molecule has 5 rings (SSSR count). The second kappa shape index (κ2) is 6.63. The molecule has 0 spiro atoms. The van der Waals surface area contributed by atoms with Gasteiger partial charge >= 0.3 is 5.97 Å². The van der Waals surface area contributed by atoms with E-state index < -0.39 is 17.2 Å². The molecule has 0 bridgehead atoms. The molecule has 150 valence electrons. The van der Waals surface area contributed by atoms with Gasteiger partial charge in [-0.05, 0) is 24.3 Å². The van der Waals surface area contributed by atoms with Crippen LogP contribution in [0.3, 0.4) is 0 Å². The monoisotopic (exact) mass is 408 g/mol. The number of benzene rings is 1. The smallest absolute Gasteiger partial charge is 0.341 e. The lowest BCUT2D eigenvalue weighted by Crippen LogP contribution is -2.39. The van der Waals surface area contributed by atoms with Crippen LogP contribution in [0, 0.1) is 17.7 Å². The molecule has 0 radical (unpaired) electrons. The van der Waals surface area contributed by atoms with Crippen molar-refractivity contribution in [1.29, 1.82) is 0 Å². The molecule has 9 heteroatoms. The third-order valence-corrected chi connectivity index (χ3v) is 6.28. The largest absolute Gasteiger partial charge is 0.477 e. The molecule has 2 saturated heterocycles. The molecule has 3 aliphatic rings. The minimum absolute atomic E-state index is 0. The number of hydrogen-bond donors (Lipinski definition) is 2. The summed E-state index contributed by atoms with van der Waals surface area (Å²) in [5.41, 5.74) is 1.06. The number of carboxylic acid groups (broad SMARTS) is 1. The van der Waals surface area contributed by atoms with Gasteiger partial charge in [0, 0.05) is 51.5 Å². The van der Waals surface area contributed by atoms with Gasteiger partial charge in [0.1, 0.15) is 11.4 Å². The number of likely N-dealkylation sites (N-methyl/N-ethyl adjacent to an activating group) is 1. The van der Waals surface area contributed by atoms with E-state index in [0.29, 0.717) is 36.0 Å². The van der Waals surface area contributed by atoms with Crippen molar-refractivity contribution < 1.29 is 14.3 Å². The molecule has 7 nitrogen and oxygen atoms in total. The van der Waals surface area contributed by atoms with E-state index in [1.165, 1.54) is 12.3 Å². The van der Waals surface area contributed by atoms with Crippen molar-refractivity contribution in [3.05, 3.63) is 39.4 Å². The lowest BCUT2D eigenvalue weighted by Gasteiger charge is -2.34. The zero-order valence-electron chi connectivity index (χ0n) is 15.4. The van der Waals surface area contributed by atoms with Gasteiger partial charge in [-0.1, -0.05) is 0 Å². The van der Waals surface area contributed by atoms with Crippen molar-refractivity contribution in [2.45, 2.75) is 6.42 Å². The number of nitrogens with zero attached hydrogens (tertiary/aromatic N) is 3. The summed E-state index contributed by atoms with van der Waals surface area (Å²) in [6.07, 6.45) is 1.98. The molecule has 28 heavy (non-hydrogen) atoms. The quantitative estimate of drug-likeness (QED) is 0.773. The first-order valence-electron chi connectivity index (χ1n) is 9.27. The van der Waals surface area contributed by atoms with E-state index in [9.17, 15) is 14.7 Å². The number of halogens is 2. The zero-order chi connectivity index (χ0) is 18.9. The lowest BCUT2D eigenvalue weighted by atomic mass is 9.99. The molecule has 4 heterocycles. The lowest BCUT2D eigenvalue weighted by molar-refractivity contribution is 0.0695. The maximum absolute atomic E-state index is 15.2. The molecule has 2 atom stereocenters. The Balaban J connectivity index is 0.00000192. The van der Waals surface area contributed by atoms with E-state index in [1.54, 1.807) is 4.68 Å². The molecular formula is C19H22ClFN4O3. The Morgan fingerprint density at radius 3 is 2.61 bits per heavy atom. The third-order valence-electron chi connectivity index (χ3n) is 6.28. The summed E-state index contributed by atoms with van der Waals surface area (Å²) in [6.45, 7) is 4.16. The fourth-order valence-electron chi connectivity index (χ4n) is 4.93. The van der Waals surface area contributed by atoms with Crippen molar-refractivity contribution >= 4 is 35.0 Å². The molecule has 0 aliphatic carbocycles. The van der Waals surface area contributed by atoms with Gasteiger partial charge in [0.25, 0.3) is 0 Å². The standard InChI is InChI=1S/C19H21FN4O3.ClH/c1-22-3-2-12-16-13(18(25)14(19(26)27)9-24(16)22)4-15(20)17(12)23-7-10-5-21-6-11(10)8-23;/h4,9-11,21H,2-3,5-8H2,1H3,(H,26,27);1H. The van der Waals surface area contributed by atoms with E-state index in [4.69, 9.17) is 0 Å². The Hall–Kier alpha value is -2.32. The fourth-order valence-corrected chi connectivity index (χ4v) is 4.93. The van der Waals surface area contributed by atoms with Crippen molar-refractivity contribution in [2.24, 2.45) is 11.8 Å². The number of aromatic nitrogens is 1. The van der Waals surface area contributed by atoms with Gasteiger partial charge in [0.2, 0.25) is 5.43 Å². The van der Waals surface area contributed by atoms with Crippen LogP contribution in [0.2, 0.25) is 0 Å². The van der Waals surface area contributed by atoms with Gasteiger partial charge in [0.15, 0.2) is 0 Å². The Morgan fingerprint density at radius 2 is 1.96 bits per heavy atom. The van der Waals surface area contributed by atoms with E-state index >= 15 is 4.39 Å². The summed E-state index contributed by atoms with van der Waals surface area (Å²) in [4.78, 5) is 26.3. The number of anilines is 1. The van der Waals surface area contributed by atoms with Crippen LogP contribution in [-0.4, -0.2) is 55.5 Å². The van der Waals surface area contributed by atoms with Crippen LogP contribution in [0.15, 0.2) is 17.1 Å². The summed E-state index contributed by atoms with van der Waals surface area (Å²) >= 11 is 0. The number of rotatable bonds is 2. The normalized spacial score (nSPS) is 23.1. The van der Waals surface area contributed by atoms with E-state index in [-0.39, 0.29) is 23.4 Å². The summed E-state index contributed by atoms with van der Waals surface area (Å²) in [5.74, 6) is -0.679. The Labute approximate surface area is 167 Å². The van der Waals surface area contributed by atoms with Gasteiger partial charge in [-0.15, -0.1) is 12.4 Å². The highest BCUT2D eigenvalue weighted by molar-refractivity contribution is 5.95. The zero-order valence-corrected chi connectivity index (χ0v) is 16.3. The molecular weight excluding hydrogens is 387 g/mol. The van der Waals surface area contributed by atoms with Crippen LogP contribution in [0.4, 0.5) is 10.1 Å². The maximum Gasteiger partial charge on any atom is 0.341 e. The number of pyridine rings is 1. The summed E-state index contributed by atoms with van der Waals surface area (Å²) in [5, 5.41) is 14.8. The van der Waals surface area contributed by atoms with Gasteiger partial charge in [-0.2, -0.15) is 0 Å². The van der Waals surface area contributed by atoms with Crippen LogP contribution in [-0.2, 0) is 6.42 Å². The van der Waals surface area contributed by atoms with E-state index in [0.717, 1.165) is 31.7 Å². The van der Waals surface area contributed by atoms with Crippen LogP contribution in [0.5, 0.6) is 0 Å². The van der Waals surface area contributed by atoms with Crippen LogP contribution >= 0.6 is 12.4 Å². The van der Waals surface area contributed by atoms with Crippen molar-refractivity contribution in [3.8, 4) is 0 Å². The van der Waals surface area contributed by atoms with E-state index in [1.807, 2.05) is 12.1 Å². The molecule has 2 N–H and O–H groups in total. The number of nitrogens with one attached hydrogen (secondary N) is 1. The van der Waals surface area contributed by atoms with Gasteiger partial charge < -0.3 is 20.3 Å². The second-order valence-corrected chi connectivity index (χ2v) is 7.82. The fraction of sp³-hybridized carbons (Fsp3) is 0.474. The van der Waals surface area contributed by atoms with Crippen LogP contribution in [0.25, 0.3) is 10.9 Å². The highest BCUT2D eigenvalue weighted by atomic mass is 35.5. The molecule has 2 aromatic rings. The molecule has 2 fully saturated rings. The molecule has 1 aromatic heterocycles. The molecule has 2 unspecified atom stereocenters. The Morgan fingerprint density at radius 1 is 1.29 bits per heavy atom. The number of carbonyl (C=O) groups is 1. The van der Waals surface area contributed by atoms with Crippen molar-refractivity contribution in [2.75, 3.05) is 49.7 Å². The Bertz CT molecular complexity index is 1030. The van der Waals surface area contributed by atoms with Crippen molar-refractivity contribution in [1.82, 2.24) is 9.99 Å². The minimum atomic E-state index is -1.30. The molecule has 0 amide bonds. The van der Waals surface area contributed by atoms with Crippen LogP contribution in [0.1, 0.15) is 15.9 Å². The summed E-state index contributed by atoms with van der Waals surface area (Å²) in [7, 11) is 1.84. The molecule has 1 aromatic carbocycles. The number of hydrogen-bond acceptors (Lipinski definition) is 5. The van der Waals surface area contributed by atoms with Gasteiger partial charge in [-0.3, -0.25) is 9.47 Å². The average molecular weight is 409 g/mol. The topological polar surface area (TPSA) is 77.8 Å². The predicted octanol–water partition coefficient (Wildman–Crippen LogP) is 1.04. The maximum atomic E-state index is 15.2. The predicted molar refractivity (Wildman–Crippen MR) is 107 cm³/mol. The number of fused-ring (bicyclic) bond motifs is 1. The first-order chi connectivity index (χ1) is 13.0. The number of carboxylic acids is 1. The summed E-state index contributed by atoms with van der Waals surface area (Å²) < 4.78 is 16.9. The first kappa shape index (κ1) is 19.0. The average Bonchev–Trinajstić information content (AvgIpc) is 3.21. The molecule has 0 saturated carbocycles. The summed E-state index contributed by atoms with van der Waals surface area (Å²) in [6, 6.07) is 1.23. The highest BCUT2D eigenvalue weighted by Crippen LogP contribution is 2.38. The minimum Gasteiger partial charge on any atom is -0.477 e. The van der Waals surface area contributed by atoms with Gasteiger partial charge in [-0.25, -0.2) is 9.18 Å². The number of aromatic carboxylic acids is 1. The Kier molecular flexibility index (Phi) is 4.50. The van der Waals surface area contributed by atoms with E-state index in [2.05, 4.69) is 10.2 Å². The van der Waals surface area contributed by atoms with Gasteiger partial charge in [0.05, 0.1) is 16.6 Å².